The van der Waals surface area contributed by atoms with Gasteiger partial charge in [0.2, 0.25) is 0 Å². The van der Waals surface area contributed by atoms with Crippen LogP contribution >= 0.6 is 12.2 Å². The maximum atomic E-state index is 12.2. The second-order valence-electron chi connectivity index (χ2n) is 5.98. The average molecular weight is 380 g/mol. The molecule has 1 aliphatic heterocycles. The fourth-order valence-electron chi connectivity index (χ4n) is 2.95. The van der Waals surface area contributed by atoms with Crippen LogP contribution in [0.4, 0.5) is 5.69 Å². The molecule has 0 aliphatic carbocycles. The summed E-state index contributed by atoms with van der Waals surface area (Å²) < 4.78 is 5.70. The van der Waals surface area contributed by atoms with Crippen molar-refractivity contribution in [3.63, 3.8) is 0 Å². The molecule has 3 heterocycles. The number of nitrogens with one attached hydrogen (secondary N) is 2. The van der Waals surface area contributed by atoms with Crippen molar-refractivity contribution in [2.24, 2.45) is 0 Å². The smallest absolute Gasteiger partial charge is 0.347 e. The highest BCUT2D eigenvalue weighted by molar-refractivity contribution is 7.71. The van der Waals surface area contributed by atoms with Crippen molar-refractivity contribution in [3.8, 4) is 11.3 Å². The van der Waals surface area contributed by atoms with Crippen LogP contribution in [0.2, 0.25) is 0 Å². The highest BCUT2D eigenvalue weighted by atomic mass is 32.1. The second-order valence-corrected chi connectivity index (χ2v) is 6.38. The van der Waals surface area contributed by atoms with E-state index in [9.17, 15) is 14.9 Å². The molecular formula is C18H12N4O4S. The van der Waals surface area contributed by atoms with E-state index in [1.54, 1.807) is 30.5 Å². The van der Waals surface area contributed by atoms with Crippen LogP contribution in [-0.4, -0.2) is 26.1 Å². The summed E-state index contributed by atoms with van der Waals surface area (Å²) in [4.78, 5) is 25.7. The number of ether oxygens (including phenoxy) is 1. The molecule has 8 nitrogen and oxygen atoms in total. The average Bonchev–Trinajstić information content (AvgIpc) is 3.20. The van der Waals surface area contributed by atoms with Crippen molar-refractivity contribution in [1.29, 1.82) is 0 Å². The van der Waals surface area contributed by atoms with Crippen LogP contribution in [-0.2, 0) is 4.74 Å². The molecule has 2 aromatic heterocycles. The van der Waals surface area contributed by atoms with Gasteiger partial charge in [0.15, 0.2) is 0 Å². The number of hydrogen-bond acceptors (Lipinski definition) is 6. The number of carbonyl (C=O) groups is 1. The molecule has 0 radical (unpaired) electrons. The standard InChI is InChI=1S/C18H12N4O4S/c1-9-5-13-14(26-18(23)15(13)17(27)20-9)7-11-8-19-21-16(11)10-3-2-4-12(6-10)22(24)25/h2-8H,1H3,(H,19,21)(H,20,27). The van der Waals surface area contributed by atoms with Gasteiger partial charge in [0.25, 0.3) is 5.69 Å². The third-order valence-corrected chi connectivity index (χ3v) is 4.45. The van der Waals surface area contributed by atoms with Crippen LogP contribution < -0.4 is 0 Å². The van der Waals surface area contributed by atoms with Gasteiger partial charge < -0.3 is 9.72 Å². The van der Waals surface area contributed by atoms with E-state index < -0.39 is 10.9 Å². The monoisotopic (exact) mass is 380 g/mol. The van der Waals surface area contributed by atoms with Crippen molar-refractivity contribution in [2.45, 2.75) is 6.92 Å². The van der Waals surface area contributed by atoms with Gasteiger partial charge in [0.1, 0.15) is 16.0 Å². The Labute approximate surface area is 157 Å². The quantitative estimate of drug-likeness (QED) is 0.307. The molecule has 0 bridgehead atoms. The number of non-ortho nitro benzene ring substituents is 1. The van der Waals surface area contributed by atoms with Gasteiger partial charge in [-0.15, -0.1) is 0 Å². The molecule has 1 aliphatic rings. The number of rotatable bonds is 3. The summed E-state index contributed by atoms with van der Waals surface area (Å²) >= 11 is 5.22. The predicted octanol–water partition coefficient (Wildman–Crippen LogP) is 4.02. The Hall–Kier alpha value is -3.59. The Morgan fingerprint density at radius 1 is 1.33 bits per heavy atom. The Morgan fingerprint density at radius 3 is 2.93 bits per heavy atom. The van der Waals surface area contributed by atoms with Crippen LogP contribution in [0.25, 0.3) is 23.1 Å². The first-order chi connectivity index (χ1) is 12.9. The van der Waals surface area contributed by atoms with Crippen molar-refractivity contribution in [1.82, 2.24) is 15.2 Å². The molecule has 4 rings (SSSR count). The van der Waals surface area contributed by atoms with E-state index in [4.69, 9.17) is 17.0 Å². The number of nitrogens with zero attached hydrogens (tertiary/aromatic N) is 2. The van der Waals surface area contributed by atoms with Crippen molar-refractivity contribution >= 4 is 35.7 Å². The number of benzene rings is 1. The van der Waals surface area contributed by atoms with Gasteiger partial charge in [0.05, 0.1) is 16.8 Å². The van der Waals surface area contributed by atoms with E-state index in [1.165, 1.54) is 12.1 Å². The zero-order valence-electron chi connectivity index (χ0n) is 14.0. The molecule has 0 atom stereocenters. The van der Waals surface area contributed by atoms with Crippen LogP contribution in [0.5, 0.6) is 0 Å². The lowest BCUT2D eigenvalue weighted by atomic mass is 10.0. The maximum absolute atomic E-state index is 12.2. The van der Waals surface area contributed by atoms with Crippen LogP contribution in [0, 0.1) is 21.7 Å². The normalized spacial score (nSPS) is 14.3. The van der Waals surface area contributed by atoms with Gasteiger partial charge in [-0.2, -0.15) is 5.10 Å². The number of cyclic esters (lactones) is 1. The van der Waals surface area contributed by atoms with Gasteiger partial charge in [-0.25, -0.2) is 4.79 Å². The number of H-pyrrole nitrogens is 2. The zero-order valence-corrected chi connectivity index (χ0v) is 14.8. The van der Waals surface area contributed by atoms with E-state index in [0.717, 1.165) is 5.69 Å². The topological polar surface area (TPSA) is 114 Å². The van der Waals surface area contributed by atoms with Crippen molar-refractivity contribution in [3.05, 3.63) is 73.7 Å². The minimum absolute atomic E-state index is 0.0275. The van der Waals surface area contributed by atoms with Gasteiger partial charge in [-0.05, 0) is 19.1 Å². The summed E-state index contributed by atoms with van der Waals surface area (Å²) in [5.41, 5.74) is 3.50. The third kappa shape index (κ3) is 2.93. The fourth-order valence-corrected chi connectivity index (χ4v) is 3.31. The molecule has 0 saturated heterocycles. The summed E-state index contributed by atoms with van der Waals surface area (Å²) in [5, 5.41) is 17.9. The lowest BCUT2D eigenvalue weighted by Gasteiger charge is -2.03. The number of hydrogen-bond donors (Lipinski definition) is 2. The highest BCUT2D eigenvalue weighted by Crippen LogP contribution is 2.34. The SMILES string of the molecule is Cc1cc2c(c(=S)[nH]1)C(=O)OC2=Cc1cn[nH]c1-c1cccc([N+](=O)[O-])c1. The first kappa shape index (κ1) is 16.9. The van der Waals surface area contributed by atoms with E-state index in [1.807, 2.05) is 6.92 Å². The number of esters is 1. The summed E-state index contributed by atoms with van der Waals surface area (Å²) in [7, 11) is 0. The van der Waals surface area contributed by atoms with Gasteiger partial charge in [-0.1, -0.05) is 24.4 Å². The van der Waals surface area contributed by atoms with Crippen molar-refractivity contribution < 1.29 is 14.5 Å². The highest BCUT2D eigenvalue weighted by Gasteiger charge is 2.29. The van der Waals surface area contributed by atoms with Crippen LogP contribution in [0.1, 0.15) is 27.2 Å². The molecule has 134 valence electrons. The molecule has 0 spiro atoms. The molecule has 0 fully saturated rings. The lowest BCUT2D eigenvalue weighted by Crippen LogP contribution is -1.97. The van der Waals surface area contributed by atoms with Gasteiger partial charge in [0, 0.05) is 34.5 Å². The summed E-state index contributed by atoms with van der Waals surface area (Å²) in [6.45, 7) is 1.84. The maximum Gasteiger partial charge on any atom is 0.347 e. The van der Waals surface area contributed by atoms with Crippen molar-refractivity contribution in [2.75, 3.05) is 0 Å². The number of nitro benzene ring substituents is 1. The van der Waals surface area contributed by atoms with Crippen LogP contribution in [0.3, 0.4) is 0 Å². The van der Waals surface area contributed by atoms with E-state index >= 15 is 0 Å². The predicted molar refractivity (Wildman–Crippen MR) is 100 cm³/mol. The molecule has 0 unspecified atom stereocenters. The Bertz CT molecular complexity index is 1190. The van der Waals surface area contributed by atoms with Gasteiger partial charge in [-0.3, -0.25) is 15.2 Å². The Balaban J connectivity index is 1.82. The lowest BCUT2D eigenvalue weighted by molar-refractivity contribution is -0.384. The second kappa shape index (κ2) is 6.29. The summed E-state index contributed by atoms with van der Waals surface area (Å²) in [5.74, 6) is -0.163. The number of fused-ring (bicyclic) bond motifs is 1. The first-order valence-electron chi connectivity index (χ1n) is 7.90. The Kier molecular flexibility index (Phi) is 3.93. The molecule has 1 aromatic carbocycles. The number of pyridine rings is 1. The summed E-state index contributed by atoms with van der Waals surface area (Å²) in [6.07, 6.45) is 3.22. The number of aromatic amines is 2. The zero-order chi connectivity index (χ0) is 19.1. The molecule has 3 aromatic rings. The Morgan fingerprint density at radius 2 is 2.15 bits per heavy atom. The number of carbonyl (C=O) groups excluding carboxylic acids is 1. The minimum Gasteiger partial charge on any atom is -0.422 e. The minimum atomic E-state index is -0.516. The molecule has 9 heteroatoms. The molecule has 2 N–H and O–H groups in total. The molecule has 0 saturated carbocycles. The number of aryl methyl sites for hydroxylation is 1. The molecular weight excluding hydrogens is 368 g/mol. The first-order valence-corrected chi connectivity index (χ1v) is 8.31. The largest absolute Gasteiger partial charge is 0.422 e. The van der Waals surface area contributed by atoms with Gasteiger partial charge >= 0.3 is 5.97 Å². The van der Waals surface area contributed by atoms with E-state index in [2.05, 4.69) is 15.2 Å². The number of aromatic nitrogens is 3. The summed E-state index contributed by atoms with van der Waals surface area (Å²) in [6, 6.07) is 7.98. The van der Waals surface area contributed by atoms with E-state index in [-0.39, 0.29) is 5.69 Å². The molecule has 27 heavy (non-hydrogen) atoms. The third-order valence-electron chi connectivity index (χ3n) is 4.14. The number of nitro groups is 1. The van der Waals surface area contributed by atoms with Crippen LogP contribution in [0.15, 0.2) is 36.5 Å². The molecule has 0 amide bonds. The van der Waals surface area contributed by atoms with E-state index in [0.29, 0.717) is 38.3 Å². The fraction of sp³-hybridized carbons (Fsp3) is 0.0556.